The van der Waals surface area contributed by atoms with Gasteiger partial charge in [0.15, 0.2) is 5.78 Å². The van der Waals surface area contributed by atoms with E-state index in [0.29, 0.717) is 22.5 Å². The average Bonchev–Trinajstić information content (AvgIpc) is 3.05. The van der Waals surface area contributed by atoms with Crippen molar-refractivity contribution in [2.24, 2.45) is 52.3 Å². The maximum atomic E-state index is 12.5. The molecule has 0 aromatic heterocycles. The minimum atomic E-state index is -0.143. The first-order chi connectivity index (χ1) is 14.2. The topological polar surface area (TPSA) is 26.3 Å². The summed E-state index contributed by atoms with van der Waals surface area (Å²) in [7, 11) is 1.74. The van der Waals surface area contributed by atoms with Crippen molar-refractivity contribution in [3.63, 3.8) is 0 Å². The number of ketones is 1. The number of carbonyl (C=O) groups is 1. The van der Waals surface area contributed by atoms with Crippen LogP contribution in [0.4, 0.5) is 0 Å². The number of fused-ring (bicyclic) bond motifs is 5. The van der Waals surface area contributed by atoms with Gasteiger partial charge in [0, 0.05) is 13.5 Å². The smallest absolute Gasteiger partial charge is 0.161 e. The first-order valence-electron chi connectivity index (χ1n) is 13.3. The molecule has 0 N–H and O–H groups in total. The van der Waals surface area contributed by atoms with Crippen molar-refractivity contribution in [1.29, 1.82) is 0 Å². The van der Waals surface area contributed by atoms with Crippen molar-refractivity contribution in [2.75, 3.05) is 7.11 Å². The van der Waals surface area contributed by atoms with Crippen molar-refractivity contribution in [1.82, 2.24) is 0 Å². The summed E-state index contributed by atoms with van der Waals surface area (Å²) < 4.78 is 5.66. The van der Waals surface area contributed by atoms with E-state index in [1.54, 1.807) is 7.11 Å². The number of Topliss-reactive ketones (excluding diaryl/α,β-unsaturated/α-hetero) is 1. The summed E-state index contributed by atoms with van der Waals surface area (Å²) in [5.74, 6) is 6.26. The molecule has 0 saturated heterocycles. The molecular formula is C28H48O2. The van der Waals surface area contributed by atoms with Crippen LogP contribution in [0.5, 0.6) is 0 Å². The van der Waals surface area contributed by atoms with Crippen molar-refractivity contribution in [3.05, 3.63) is 0 Å². The molecule has 4 fully saturated rings. The van der Waals surface area contributed by atoms with Gasteiger partial charge in [0.2, 0.25) is 0 Å². The van der Waals surface area contributed by atoms with Gasteiger partial charge in [-0.05, 0) is 97.2 Å². The monoisotopic (exact) mass is 416 g/mol. The molecular weight excluding hydrogens is 368 g/mol. The molecule has 30 heavy (non-hydrogen) atoms. The van der Waals surface area contributed by atoms with E-state index in [4.69, 9.17) is 4.74 Å². The van der Waals surface area contributed by atoms with Gasteiger partial charge < -0.3 is 4.74 Å². The van der Waals surface area contributed by atoms with E-state index in [0.717, 1.165) is 48.3 Å². The van der Waals surface area contributed by atoms with Crippen molar-refractivity contribution in [2.45, 2.75) is 111 Å². The first kappa shape index (κ1) is 22.8. The van der Waals surface area contributed by atoms with Gasteiger partial charge in [-0.3, -0.25) is 4.79 Å². The third-order valence-electron chi connectivity index (χ3n) is 11.0. The molecule has 2 nitrogen and oxygen atoms in total. The van der Waals surface area contributed by atoms with Crippen LogP contribution in [0.15, 0.2) is 0 Å². The van der Waals surface area contributed by atoms with Crippen LogP contribution in [0, 0.1) is 52.3 Å². The third kappa shape index (κ3) is 3.71. The molecule has 0 spiro atoms. The predicted octanol–water partition coefficient (Wildman–Crippen LogP) is 7.30. The summed E-state index contributed by atoms with van der Waals surface area (Å²) in [6.07, 6.45) is 14.2. The van der Waals surface area contributed by atoms with Crippen molar-refractivity contribution >= 4 is 5.78 Å². The number of rotatable bonds is 6. The highest BCUT2D eigenvalue weighted by atomic mass is 16.5. The lowest BCUT2D eigenvalue weighted by atomic mass is 9.44. The largest absolute Gasteiger partial charge is 0.374 e. The molecule has 4 rings (SSSR count). The van der Waals surface area contributed by atoms with E-state index < -0.39 is 0 Å². The Hall–Kier alpha value is -0.370. The zero-order valence-corrected chi connectivity index (χ0v) is 20.7. The van der Waals surface area contributed by atoms with E-state index in [2.05, 4.69) is 34.6 Å². The molecule has 0 aromatic rings. The standard InChI is InChI=1S/C28H48O2/c1-18(2)8-7-9-19(3)22-12-13-23-21-11-10-20-16-25(29)26(30-6)17-28(20,5)24(21)14-15-27(22,23)4/h18-24,26H,7-17H2,1-6H3. The fourth-order valence-corrected chi connectivity index (χ4v) is 9.32. The van der Waals surface area contributed by atoms with E-state index in [-0.39, 0.29) is 6.10 Å². The molecule has 172 valence electrons. The molecule has 0 bridgehead atoms. The molecule has 0 aliphatic heterocycles. The summed E-state index contributed by atoms with van der Waals surface area (Å²) in [4.78, 5) is 12.5. The highest BCUT2D eigenvalue weighted by molar-refractivity contribution is 5.84. The molecule has 0 heterocycles. The van der Waals surface area contributed by atoms with E-state index in [1.165, 1.54) is 57.8 Å². The molecule has 2 heteroatoms. The molecule has 9 unspecified atom stereocenters. The van der Waals surface area contributed by atoms with Gasteiger partial charge in [0.05, 0.1) is 0 Å². The lowest BCUT2D eigenvalue weighted by Gasteiger charge is -2.61. The number of ether oxygens (including phenoxy) is 1. The zero-order valence-electron chi connectivity index (χ0n) is 20.7. The quantitative estimate of drug-likeness (QED) is 0.454. The van der Waals surface area contributed by atoms with Crippen molar-refractivity contribution in [3.8, 4) is 0 Å². The molecule has 0 aromatic carbocycles. The fraction of sp³-hybridized carbons (Fsp3) is 0.964. The minimum absolute atomic E-state index is 0.143. The van der Waals surface area contributed by atoms with Gasteiger partial charge in [0.25, 0.3) is 0 Å². The molecule has 0 amide bonds. The Morgan fingerprint density at radius 2 is 1.70 bits per heavy atom. The number of hydrogen-bond donors (Lipinski definition) is 0. The Morgan fingerprint density at radius 1 is 0.967 bits per heavy atom. The van der Waals surface area contributed by atoms with Crippen LogP contribution in [-0.4, -0.2) is 19.0 Å². The van der Waals surface area contributed by atoms with Crippen LogP contribution >= 0.6 is 0 Å². The van der Waals surface area contributed by atoms with Gasteiger partial charge >= 0.3 is 0 Å². The summed E-state index contributed by atoms with van der Waals surface area (Å²) >= 11 is 0. The van der Waals surface area contributed by atoms with Gasteiger partial charge in [0.1, 0.15) is 6.10 Å². The minimum Gasteiger partial charge on any atom is -0.374 e. The maximum absolute atomic E-state index is 12.5. The Labute approximate surface area is 186 Å². The lowest BCUT2D eigenvalue weighted by molar-refractivity contribution is -0.159. The highest BCUT2D eigenvalue weighted by Gasteiger charge is 2.61. The van der Waals surface area contributed by atoms with Gasteiger partial charge in [-0.25, -0.2) is 0 Å². The van der Waals surface area contributed by atoms with Crippen LogP contribution < -0.4 is 0 Å². The summed E-state index contributed by atoms with van der Waals surface area (Å²) in [5.41, 5.74) is 0.882. The Morgan fingerprint density at radius 3 is 2.40 bits per heavy atom. The first-order valence-corrected chi connectivity index (χ1v) is 13.3. The Kier molecular flexibility index (Phi) is 6.48. The lowest BCUT2D eigenvalue weighted by Crippen LogP contribution is -2.56. The third-order valence-corrected chi connectivity index (χ3v) is 11.0. The summed E-state index contributed by atoms with van der Waals surface area (Å²) in [5, 5.41) is 0. The second-order valence-corrected chi connectivity index (χ2v) is 12.8. The second kappa shape index (κ2) is 8.53. The van der Waals surface area contributed by atoms with Crippen molar-refractivity contribution < 1.29 is 9.53 Å². The maximum Gasteiger partial charge on any atom is 0.161 e. The molecule has 4 aliphatic carbocycles. The van der Waals surface area contributed by atoms with E-state index in [1.807, 2.05) is 0 Å². The van der Waals surface area contributed by atoms with E-state index >= 15 is 0 Å². The number of methoxy groups -OCH3 is 1. The normalized spacial score (nSPS) is 47.0. The average molecular weight is 417 g/mol. The fourth-order valence-electron chi connectivity index (χ4n) is 9.32. The summed E-state index contributed by atoms with van der Waals surface area (Å²) in [6.45, 7) is 12.5. The van der Waals surface area contributed by atoms with Crippen LogP contribution in [0.2, 0.25) is 0 Å². The molecule has 9 atom stereocenters. The van der Waals surface area contributed by atoms with Gasteiger partial charge in [-0.1, -0.05) is 53.9 Å². The molecule has 4 saturated carbocycles. The SMILES string of the molecule is COC1CC2(C)C(CCC3C2CCC2(C)C(C(C)CCCC(C)C)CCC32)CC1=O. The van der Waals surface area contributed by atoms with Crippen LogP contribution in [-0.2, 0) is 9.53 Å². The van der Waals surface area contributed by atoms with Crippen LogP contribution in [0.25, 0.3) is 0 Å². The van der Waals surface area contributed by atoms with E-state index in [9.17, 15) is 4.79 Å². The Bertz CT molecular complexity index is 626. The van der Waals surface area contributed by atoms with Gasteiger partial charge in [-0.2, -0.15) is 0 Å². The summed E-state index contributed by atoms with van der Waals surface area (Å²) in [6, 6.07) is 0. The Balaban J connectivity index is 1.49. The predicted molar refractivity (Wildman–Crippen MR) is 124 cm³/mol. The number of hydrogen-bond acceptors (Lipinski definition) is 2. The van der Waals surface area contributed by atoms with Crippen LogP contribution in [0.1, 0.15) is 105 Å². The highest BCUT2D eigenvalue weighted by Crippen LogP contribution is 2.68. The van der Waals surface area contributed by atoms with Crippen LogP contribution in [0.3, 0.4) is 0 Å². The number of carbonyl (C=O) groups excluding carboxylic acids is 1. The molecule has 0 radical (unpaired) electrons. The second-order valence-electron chi connectivity index (χ2n) is 12.8. The zero-order chi connectivity index (χ0) is 21.7. The molecule has 4 aliphatic rings. The van der Waals surface area contributed by atoms with Gasteiger partial charge in [-0.15, -0.1) is 0 Å².